The normalized spacial score (nSPS) is 14.6. The van der Waals surface area contributed by atoms with Gasteiger partial charge in [0.2, 0.25) is 0 Å². The minimum atomic E-state index is -0.281. The van der Waals surface area contributed by atoms with Crippen LogP contribution in [0.5, 0.6) is 5.75 Å². The molecule has 0 N–H and O–H groups in total. The Labute approximate surface area is 187 Å². The van der Waals surface area contributed by atoms with Crippen molar-refractivity contribution in [1.29, 1.82) is 0 Å². The second-order valence-corrected chi connectivity index (χ2v) is 8.97. The van der Waals surface area contributed by atoms with Crippen molar-refractivity contribution in [2.24, 2.45) is 0 Å². The summed E-state index contributed by atoms with van der Waals surface area (Å²) in [5, 5.41) is 1.05. The lowest BCUT2D eigenvalue weighted by molar-refractivity contribution is -0.151. The van der Waals surface area contributed by atoms with E-state index in [1.807, 2.05) is 49.4 Å². The van der Waals surface area contributed by atoms with Crippen molar-refractivity contribution in [3.8, 4) is 16.3 Å². The number of aryl methyl sites for hydroxylation is 1. The third kappa shape index (κ3) is 4.97. The molecule has 2 aromatic carbocycles. The molecule has 1 aliphatic heterocycles. The minimum absolute atomic E-state index is 0.181. The van der Waals surface area contributed by atoms with Gasteiger partial charge in [-0.15, -0.1) is 11.3 Å². The molecule has 4 rings (SSSR count). The highest BCUT2D eigenvalue weighted by Crippen LogP contribution is 2.37. The fourth-order valence-corrected chi connectivity index (χ4v) is 4.71. The summed E-state index contributed by atoms with van der Waals surface area (Å²) < 4.78 is 16.5. The molecule has 0 saturated carbocycles. The topological polar surface area (TPSA) is 57.7 Å². The lowest BCUT2D eigenvalue weighted by Gasteiger charge is -2.41. The molecule has 0 amide bonds. The Morgan fingerprint density at radius 3 is 2.52 bits per heavy atom. The summed E-state index contributed by atoms with van der Waals surface area (Å²) in [5.41, 5.74) is 3.04. The highest BCUT2D eigenvalue weighted by Gasteiger charge is 2.42. The summed E-state index contributed by atoms with van der Waals surface area (Å²) in [7, 11) is 0. The molecule has 1 aromatic heterocycles. The van der Waals surface area contributed by atoms with E-state index in [1.165, 1.54) is 4.88 Å². The number of benzene rings is 2. The fourth-order valence-electron chi connectivity index (χ4n) is 3.74. The van der Waals surface area contributed by atoms with Crippen LogP contribution < -0.4 is 4.74 Å². The summed E-state index contributed by atoms with van der Waals surface area (Å²) in [6.45, 7) is 5.97. The van der Waals surface area contributed by atoms with Crippen molar-refractivity contribution in [3.05, 3.63) is 70.7 Å². The minimum Gasteiger partial charge on any atom is -0.493 e. The number of rotatable bonds is 9. The first-order valence-electron chi connectivity index (χ1n) is 10.6. The maximum atomic E-state index is 12.0. The highest BCUT2D eigenvalue weighted by molar-refractivity contribution is 7.15. The number of esters is 1. The molecule has 6 heteroatoms. The first-order valence-corrected chi connectivity index (χ1v) is 11.4. The van der Waals surface area contributed by atoms with Crippen LogP contribution in [0.3, 0.4) is 0 Å². The van der Waals surface area contributed by atoms with E-state index in [2.05, 4.69) is 19.1 Å². The Kier molecular flexibility index (Phi) is 6.68. The van der Waals surface area contributed by atoms with E-state index in [-0.39, 0.29) is 11.4 Å². The van der Waals surface area contributed by atoms with Gasteiger partial charge in [0.25, 0.3) is 0 Å². The summed E-state index contributed by atoms with van der Waals surface area (Å²) in [6, 6.07) is 18.2. The molecule has 1 fully saturated rings. The van der Waals surface area contributed by atoms with E-state index >= 15 is 0 Å². The van der Waals surface area contributed by atoms with E-state index in [4.69, 9.17) is 19.2 Å². The van der Waals surface area contributed by atoms with Gasteiger partial charge in [-0.25, -0.2) is 4.98 Å². The van der Waals surface area contributed by atoms with Crippen LogP contribution in [0.4, 0.5) is 0 Å². The van der Waals surface area contributed by atoms with Crippen molar-refractivity contribution in [2.45, 2.75) is 32.1 Å². The van der Waals surface area contributed by atoms with Gasteiger partial charge in [-0.05, 0) is 31.5 Å². The van der Waals surface area contributed by atoms with Crippen molar-refractivity contribution in [3.63, 3.8) is 0 Å². The average Bonchev–Trinajstić information content (AvgIpc) is 3.13. The summed E-state index contributed by atoms with van der Waals surface area (Å²) in [5.74, 6) is 0.631. The second kappa shape index (κ2) is 9.62. The molecular formula is C25H27NO4S. The predicted molar refractivity (Wildman–Crippen MR) is 122 cm³/mol. The zero-order valence-electron chi connectivity index (χ0n) is 17.9. The maximum Gasteiger partial charge on any atom is 0.306 e. The van der Waals surface area contributed by atoms with Gasteiger partial charge in [-0.2, -0.15) is 0 Å². The van der Waals surface area contributed by atoms with Gasteiger partial charge in [0, 0.05) is 16.9 Å². The van der Waals surface area contributed by atoms with Crippen LogP contribution >= 0.6 is 11.3 Å². The van der Waals surface area contributed by atoms with E-state index in [9.17, 15) is 4.79 Å². The Bertz CT molecular complexity index is 1010. The molecule has 0 spiro atoms. The predicted octanol–water partition coefficient (Wildman–Crippen LogP) is 4.96. The summed E-state index contributed by atoms with van der Waals surface area (Å²) in [4.78, 5) is 18.0. The summed E-state index contributed by atoms with van der Waals surface area (Å²) in [6.07, 6.45) is 1.10. The fraction of sp³-hybridized carbons (Fsp3) is 0.360. The number of hydrogen-bond donors (Lipinski definition) is 0. The molecule has 0 bridgehead atoms. The van der Waals surface area contributed by atoms with Crippen molar-refractivity contribution < 1.29 is 19.0 Å². The first kappa shape index (κ1) is 21.5. The highest BCUT2D eigenvalue weighted by atomic mass is 32.1. The quantitative estimate of drug-likeness (QED) is 0.443. The van der Waals surface area contributed by atoms with Gasteiger partial charge in [-0.3, -0.25) is 4.79 Å². The van der Waals surface area contributed by atoms with Crippen LogP contribution in [-0.4, -0.2) is 37.4 Å². The first-order chi connectivity index (χ1) is 15.1. The molecule has 5 nitrogen and oxygen atoms in total. The molecule has 0 unspecified atom stereocenters. The Morgan fingerprint density at radius 2 is 1.87 bits per heavy atom. The number of hydrogen-bond acceptors (Lipinski definition) is 6. The van der Waals surface area contributed by atoms with E-state index in [0.29, 0.717) is 32.8 Å². The van der Waals surface area contributed by atoms with Gasteiger partial charge in [-0.1, -0.05) is 42.5 Å². The third-order valence-electron chi connectivity index (χ3n) is 5.53. The molecular weight excluding hydrogens is 410 g/mol. The van der Waals surface area contributed by atoms with Gasteiger partial charge in [0.15, 0.2) is 0 Å². The zero-order valence-corrected chi connectivity index (χ0v) is 18.7. The van der Waals surface area contributed by atoms with Crippen molar-refractivity contribution in [1.82, 2.24) is 4.98 Å². The van der Waals surface area contributed by atoms with Crippen LogP contribution in [-0.2, 0) is 26.1 Å². The summed E-state index contributed by atoms with van der Waals surface area (Å²) >= 11 is 1.72. The molecule has 31 heavy (non-hydrogen) atoms. The Morgan fingerprint density at radius 1 is 1.13 bits per heavy atom. The Hall–Kier alpha value is -2.70. The van der Waals surface area contributed by atoms with E-state index in [1.54, 1.807) is 11.3 Å². The number of thiazole rings is 1. The molecule has 1 aliphatic rings. The standard InChI is InChI=1S/C25H27NO4S/c1-3-29-23(27)15-25(16-28-17-25)20-9-11-21(12-10-20)30-14-13-22-18(2)31-24(26-22)19-7-5-4-6-8-19/h4-12H,3,13-17H2,1-2H3. The van der Waals surface area contributed by atoms with Gasteiger partial charge < -0.3 is 14.2 Å². The van der Waals surface area contributed by atoms with Crippen LogP contribution in [0.15, 0.2) is 54.6 Å². The molecule has 2 heterocycles. The van der Waals surface area contributed by atoms with Crippen molar-refractivity contribution >= 4 is 17.3 Å². The molecule has 0 aliphatic carbocycles. The molecule has 0 radical (unpaired) electrons. The largest absolute Gasteiger partial charge is 0.493 e. The number of ether oxygens (including phenoxy) is 3. The van der Waals surface area contributed by atoms with E-state index < -0.39 is 0 Å². The van der Waals surface area contributed by atoms with Crippen LogP contribution in [0.2, 0.25) is 0 Å². The molecule has 1 saturated heterocycles. The SMILES string of the molecule is CCOC(=O)CC1(c2ccc(OCCc3nc(-c4ccccc4)sc3C)cc2)COC1. The monoisotopic (exact) mass is 437 g/mol. The van der Waals surface area contributed by atoms with E-state index in [0.717, 1.165) is 34.0 Å². The van der Waals surface area contributed by atoms with Crippen LogP contribution in [0.1, 0.15) is 29.5 Å². The zero-order chi connectivity index (χ0) is 21.7. The van der Waals surface area contributed by atoms with Crippen molar-refractivity contribution in [2.75, 3.05) is 26.4 Å². The van der Waals surface area contributed by atoms with Gasteiger partial charge in [0.05, 0.1) is 44.0 Å². The van der Waals surface area contributed by atoms with Gasteiger partial charge in [0.1, 0.15) is 10.8 Å². The van der Waals surface area contributed by atoms with Crippen LogP contribution in [0, 0.1) is 6.92 Å². The van der Waals surface area contributed by atoms with Crippen LogP contribution in [0.25, 0.3) is 10.6 Å². The second-order valence-electron chi connectivity index (χ2n) is 7.77. The smallest absolute Gasteiger partial charge is 0.306 e. The third-order valence-corrected chi connectivity index (χ3v) is 6.59. The molecule has 162 valence electrons. The van der Waals surface area contributed by atoms with Gasteiger partial charge >= 0.3 is 5.97 Å². The average molecular weight is 438 g/mol. The number of carbonyl (C=O) groups excluding carboxylic acids is 1. The number of carbonyl (C=O) groups is 1. The molecule has 0 atom stereocenters. The number of aromatic nitrogens is 1. The lowest BCUT2D eigenvalue weighted by atomic mass is 9.76. The Balaban J connectivity index is 1.34. The lowest BCUT2D eigenvalue weighted by Crippen LogP contribution is -2.48. The maximum absolute atomic E-state index is 12.0. The molecule has 3 aromatic rings. The number of nitrogens with zero attached hydrogens (tertiary/aromatic N) is 1.